The fourth-order valence-electron chi connectivity index (χ4n) is 2.15. The van der Waals surface area contributed by atoms with Crippen molar-refractivity contribution in [2.75, 3.05) is 6.61 Å². The second-order valence-corrected chi connectivity index (χ2v) is 6.20. The molecule has 0 N–H and O–H groups in total. The van der Waals surface area contributed by atoms with Crippen LogP contribution in [0.3, 0.4) is 0 Å². The molecule has 20 heavy (non-hydrogen) atoms. The lowest BCUT2D eigenvalue weighted by Crippen LogP contribution is -2.10. The molecule has 0 fully saturated rings. The first-order chi connectivity index (χ1) is 9.50. The molecule has 0 aliphatic rings. The van der Waals surface area contributed by atoms with Gasteiger partial charge >= 0.3 is 0 Å². The van der Waals surface area contributed by atoms with Crippen molar-refractivity contribution in [3.05, 3.63) is 54.1 Å². The predicted octanol–water partition coefficient (Wildman–Crippen LogP) is 5.44. The molecule has 1 nitrogen and oxygen atoms in total. The third kappa shape index (κ3) is 3.63. The summed E-state index contributed by atoms with van der Waals surface area (Å²) in [5, 5.41) is 0. The smallest absolute Gasteiger partial charge is 0.119 e. The van der Waals surface area contributed by atoms with Crippen LogP contribution in [-0.4, -0.2) is 6.61 Å². The van der Waals surface area contributed by atoms with E-state index in [1.165, 1.54) is 16.7 Å². The van der Waals surface area contributed by atoms with Gasteiger partial charge in [-0.25, -0.2) is 0 Å². The van der Waals surface area contributed by atoms with E-state index in [0.717, 1.165) is 18.8 Å². The zero-order chi connectivity index (χ0) is 14.6. The minimum atomic E-state index is 0.199. The van der Waals surface area contributed by atoms with Crippen LogP contribution >= 0.6 is 0 Å². The molecule has 2 aromatic carbocycles. The van der Waals surface area contributed by atoms with Crippen molar-refractivity contribution in [3.8, 4) is 16.9 Å². The normalized spacial score (nSPS) is 11.4. The Morgan fingerprint density at radius 2 is 1.60 bits per heavy atom. The van der Waals surface area contributed by atoms with E-state index in [-0.39, 0.29) is 5.41 Å². The van der Waals surface area contributed by atoms with Gasteiger partial charge in [0.2, 0.25) is 0 Å². The molecule has 0 aliphatic carbocycles. The Labute approximate surface area is 122 Å². The third-order valence-electron chi connectivity index (χ3n) is 3.39. The van der Waals surface area contributed by atoms with Gasteiger partial charge in [0, 0.05) is 0 Å². The maximum absolute atomic E-state index is 5.70. The molecule has 106 valence electrons. The van der Waals surface area contributed by atoms with E-state index in [1.807, 2.05) is 6.07 Å². The predicted molar refractivity (Wildman–Crippen MR) is 86.4 cm³/mol. The average molecular weight is 268 g/mol. The zero-order valence-electron chi connectivity index (χ0n) is 12.9. The first-order valence-electron chi connectivity index (χ1n) is 7.34. The van der Waals surface area contributed by atoms with E-state index in [9.17, 15) is 0 Å². The topological polar surface area (TPSA) is 9.23 Å². The maximum atomic E-state index is 5.70. The third-order valence-corrected chi connectivity index (χ3v) is 3.39. The minimum absolute atomic E-state index is 0.199. The summed E-state index contributed by atoms with van der Waals surface area (Å²) in [6.07, 6.45) is 1.03. The van der Waals surface area contributed by atoms with E-state index in [2.05, 4.69) is 70.2 Å². The quantitative estimate of drug-likeness (QED) is 0.717. The van der Waals surface area contributed by atoms with Crippen molar-refractivity contribution in [1.29, 1.82) is 0 Å². The van der Waals surface area contributed by atoms with Crippen LogP contribution in [0, 0.1) is 0 Å². The van der Waals surface area contributed by atoms with Crippen LogP contribution in [0.2, 0.25) is 0 Å². The highest BCUT2D eigenvalue weighted by Crippen LogP contribution is 2.27. The molecule has 0 aromatic heterocycles. The molecule has 2 aromatic rings. The number of benzene rings is 2. The van der Waals surface area contributed by atoms with Crippen molar-refractivity contribution in [1.82, 2.24) is 0 Å². The highest BCUT2D eigenvalue weighted by atomic mass is 16.5. The van der Waals surface area contributed by atoms with E-state index >= 15 is 0 Å². The van der Waals surface area contributed by atoms with Crippen molar-refractivity contribution in [3.63, 3.8) is 0 Å². The van der Waals surface area contributed by atoms with Crippen LogP contribution in [0.15, 0.2) is 48.5 Å². The van der Waals surface area contributed by atoms with Crippen LogP contribution < -0.4 is 4.74 Å². The van der Waals surface area contributed by atoms with Crippen LogP contribution in [0.5, 0.6) is 5.75 Å². The van der Waals surface area contributed by atoms with Gasteiger partial charge in [-0.2, -0.15) is 0 Å². The summed E-state index contributed by atoms with van der Waals surface area (Å²) >= 11 is 0. The summed E-state index contributed by atoms with van der Waals surface area (Å²) in [5.41, 5.74) is 4.00. The highest BCUT2D eigenvalue weighted by Gasteiger charge is 2.13. The molecule has 0 radical (unpaired) electrons. The monoisotopic (exact) mass is 268 g/mol. The van der Waals surface area contributed by atoms with Gasteiger partial charge in [0.15, 0.2) is 0 Å². The van der Waals surface area contributed by atoms with Crippen molar-refractivity contribution in [2.24, 2.45) is 0 Å². The maximum Gasteiger partial charge on any atom is 0.119 e. The molecule has 0 aliphatic heterocycles. The van der Waals surface area contributed by atoms with Crippen molar-refractivity contribution >= 4 is 0 Å². The molecule has 2 rings (SSSR count). The lowest BCUT2D eigenvalue weighted by molar-refractivity contribution is 0.317. The number of hydrogen-bond acceptors (Lipinski definition) is 1. The Morgan fingerprint density at radius 1 is 0.900 bits per heavy atom. The van der Waals surface area contributed by atoms with Gasteiger partial charge in [0.25, 0.3) is 0 Å². The SMILES string of the molecule is CCCOc1cccc(-c2ccc(C(C)(C)C)cc2)c1. The number of rotatable bonds is 4. The van der Waals surface area contributed by atoms with Gasteiger partial charge in [-0.15, -0.1) is 0 Å². The molecular weight excluding hydrogens is 244 g/mol. The fourth-order valence-corrected chi connectivity index (χ4v) is 2.15. The minimum Gasteiger partial charge on any atom is -0.494 e. The molecule has 0 heterocycles. The second kappa shape index (κ2) is 6.13. The highest BCUT2D eigenvalue weighted by molar-refractivity contribution is 5.65. The first kappa shape index (κ1) is 14.6. The lowest BCUT2D eigenvalue weighted by atomic mass is 9.86. The number of hydrogen-bond donors (Lipinski definition) is 0. The summed E-state index contributed by atoms with van der Waals surface area (Å²) in [6.45, 7) is 9.60. The summed E-state index contributed by atoms with van der Waals surface area (Å²) in [7, 11) is 0. The summed E-state index contributed by atoms with van der Waals surface area (Å²) < 4.78 is 5.70. The lowest BCUT2D eigenvalue weighted by Gasteiger charge is -2.19. The molecule has 0 amide bonds. The Balaban J connectivity index is 2.23. The number of ether oxygens (including phenoxy) is 1. The molecule has 0 saturated heterocycles. The molecular formula is C19H24O. The molecule has 0 spiro atoms. The largest absolute Gasteiger partial charge is 0.494 e. The fraction of sp³-hybridized carbons (Fsp3) is 0.368. The summed E-state index contributed by atoms with van der Waals surface area (Å²) in [4.78, 5) is 0. The molecule has 0 unspecified atom stereocenters. The Morgan fingerprint density at radius 3 is 2.20 bits per heavy atom. The standard InChI is InChI=1S/C19H24O/c1-5-13-20-18-8-6-7-16(14-18)15-9-11-17(12-10-15)19(2,3)4/h6-12,14H,5,13H2,1-4H3. The second-order valence-electron chi connectivity index (χ2n) is 6.20. The van der Waals surface area contributed by atoms with Crippen molar-refractivity contribution in [2.45, 2.75) is 39.5 Å². The Kier molecular flexibility index (Phi) is 4.49. The molecule has 0 saturated carbocycles. The van der Waals surface area contributed by atoms with Gasteiger partial charge in [-0.05, 0) is 40.7 Å². The molecule has 0 bridgehead atoms. The summed E-state index contributed by atoms with van der Waals surface area (Å²) in [6, 6.07) is 17.1. The van der Waals surface area contributed by atoms with E-state index in [1.54, 1.807) is 0 Å². The Bertz CT molecular complexity index is 547. The Hall–Kier alpha value is -1.76. The van der Waals surface area contributed by atoms with Crippen LogP contribution in [-0.2, 0) is 5.41 Å². The van der Waals surface area contributed by atoms with Gasteiger partial charge in [-0.3, -0.25) is 0 Å². The van der Waals surface area contributed by atoms with Crippen molar-refractivity contribution < 1.29 is 4.74 Å². The van der Waals surface area contributed by atoms with Crippen LogP contribution in [0.4, 0.5) is 0 Å². The van der Waals surface area contributed by atoms with Gasteiger partial charge in [0.05, 0.1) is 6.61 Å². The van der Waals surface area contributed by atoms with E-state index in [0.29, 0.717) is 0 Å². The van der Waals surface area contributed by atoms with Gasteiger partial charge in [0.1, 0.15) is 5.75 Å². The van der Waals surface area contributed by atoms with Gasteiger partial charge < -0.3 is 4.74 Å². The first-order valence-corrected chi connectivity index (χ1v) is 7.34. The van der Waals surface area contributed by atoms with E-state index in [4.69, 9.17) is 4.74 Å². The molecule has 0 atom stereocenters. The zero-order valence-corrected chi connectivity index (χ0v) is 12.9. The summed E-state index contributed by atoms with van der Waals surface area (Å²) in [5.74, 6) is 0.948. The van der Waals surface area contributed by atoms with Crippen LogP contribution in [0.25, 0.3) is 11.1 Å². The van der Waals surface area contributed by atoms with E-state index < -0.39 is 0 Å². The average Bonchev–Trinajstić information content (AvgIpc) is 2.45. The van der Waals surface area contributed by atoms with Crippen LogP contribution in [0.1, 0.15) is 39.7 Å². The molecule has 1 heteroatoms. The van der Waals surface area contributed by atoms with Gasteiger partial charge in [-0.1, -0.05) is 64.1 Å².